The molecule has 0 amide bonds. The van der Waals surface area contributed by atoms with Gasteiger partial charge in [0.05, 0.1) is 18.8 Å². The van der Waals surface area contributed by atoms with E-state index in [1.165, 1.54) is 6.20 Å². The lowest BCUT2D eigenvalue weighted by Crippen LogP contribution is -2.45. The van der Waals surface area contributed by atoms with Gasteiger partial charge in [0.2, 0.25) is 17.8 Å². The SMILES string of the molecule is CC1(c2cc3c(nc2F)Oc2ccc(-c4cccnc4F)cc2C32COC(N)=N2)COC1. The van der Waals surface area contributed by atoms with Crippen LogP contribution in [0.15, 0.2) is 47.6 Å². The summed E-state index contributed by atoms with van der Waals surface area (Å²) >= 11 is 0. The minimum absolute atomic E-state index is 0.00539. The normalized spacial score (nSPS) is 22.3. The Morgan fingerprint density at radius 3 is 2.53 bits per heavy atom. The number of nitrogens with two attached hydrogens (primary N) is 1. The predicted octanol–water partition coefficient (Wildman–Crippen LogP) is 3.40. The summed E-state index contributed by atoms with van der Waals surface area (Å²) in [7, 11) is 0. The van der Waals surface area contributed by atoms with E-state index in [9.17, 15) is 8.78 Å². The van der Waals surface area contributed by atoms with E-state index in [4.69, 9.17) is 19.9 Å². The third-order valence-corrected chi connectivity index (χ3v) is 6.31. The Morgan fingerprint density at radius 1 is 1.00 bits per heavy atom. The Bertz CT molecular complexity index is 1310. The van der Waals surface area contributed by atoms with Gasteiger partial charge in [-0.25, -0.2) is 9.98 Å². The highest BCUT2D eigenvalue weighted by atomic mass is 19.1. The number of ether oxygens (including phenoxy) is 3. The zero-order valence-corrected chi connectivity index (χ0v) is 17.1. The van der Waals surface area contributed by atoms with Crippen molar-refractivity contribution in [3.05, 3.63) is 71.2 Å². The van der Waals surface area contributed by atoms with E-state index in [0.717, 1.165) is 0 Å². The molecule has 3 aliphatic rings. The maximum absolute atomic E-state index is 15.0. The lowest BCUT2D eigenvalue weighted by Gasteiger charge is -2.40. The van der Waals surface area contributed by atoms with Gasteiger partial charge in [0.15, 0.2) is 5.54 Å². The molecule has 32 heavy (non-hydrogen) atoms. The summed E-state index contributed by atoms with van der Waals surface area (Å²) < 4.78 is 46.2. The van der Waals surface area contributed by atoms with Crippen molar-refractivity contribution in [3.8, 4) is 22.8 Å². The molecule has 1 unspecified atom stereocenters. The molecule has 2 N–H and O–H groups in total. The van der Waals surface area contributed by atoms with Crippen molar-refractivity contribution in [2.75, 3.05) is 19.8 Å². The average Bonchev–Trinajstić information content (AvgIpc) is 3.14. The molecule has 3 aliphatic heterocycles. The molecule has 1 fully saturated rings. The second kappa shape index (κ2) is 6.46. The van der Waals surface area contributed by atoms with Gasteiger partial charge in [0, 0.05) is 28.3 Å². The summed E-state index contributed by atoms with van der Waals surface area (Å²) in [6.45, 7) is 2.78. The van der Waals surface area contributed by atoms with Crippen molar-refractivity contribution < 1.29 is 23.0 Å². The smallest absolute Gasteiger partial charge is 0.283 e. The molecule has 0 aliphatic carbocycles. The monoisotopic (exact) mass is 436 g/mol. The third-order valence-electron chi connectivity index (χ3n) is 6.31. The van der Waals surface area contributed by atoms with Crippen LogP contribution in [-0.4, -0.2) is 35.8 Å². The number of aliphatic imine (C=N–C) groups is 1. The van der Waals surface area contributed by atoms with E-state index in [-0.39, 0.29) is 18.5 Å². The first-order valence-electron chi connectivity index (χ1n) is 10.1. The minimum atomic E-state index is -1.10. The van der Waals surface area contributed by atoms with Crippen molar-refractivity contribution in [1.29, 1.82) is 0 Å². The van der Waals surface area contributed by atoms with Gasteiger partial charge in [0.25, 0.3) is 6.02 Å². The Balaban J connectivity index is 1.58. The number of hydrogen-bond donors (Lipinski definition) is 1. The maximum atomic E-state index is 15.0. The quantitative estimate of drug-likeness (QED) is 0.619. The van der Waals surface area contributed by atoms with Crippen molar-refractivity contribution in [1.82, 2.24) is 9.97 Å². The largest absolute Gasteiger partial charge is 0.462 e. The molecule has 6 rings (SSSR count). The predicted molar refractivity (Wildman–Crippen MR) is 110 cm³/mol. The van der Waals surface area contributed by atoms with Gasteiger partial charge in [-0.3, -0.25) is 0 Å². The fourth-order valence-electron chi connectivity index (χ4n) is 4.50. The molecular weight excluding hydrogens is 418 g/mol. The molecule has 5 heterocycles. The maximum Gasteiger partial charge on any atom is 0.283 e. The number of fused-ring (bicyclic) bond motifs is 4. The number of rotatable bonds is 2. The molecule has 0 saturated carbocycles. The highest BCUT2D eigenvalue weighted by molar-refractivity contribution is 5.77. The zero-order chi connectivity index (χ0) is 22.1. The van der Waals surface area contributed by atoms with E-state index >= 15 is 0 Å². The summed E-state index contributed by atoms with van der Waals surface area (Å²) in [6, 6.07) is 10.2. The van der Waals surface area contributed by atoms with Gasteiger partial charge >= 0.3 is 0 Å². The number of benzene rings is 1. The second-order valence-corrected chi connectivity index (χ2v) is 8.49. The first-order chi connectivity index (χ1) is 15.4. The highest BCUT2D eigenvalue weighted by Gasteiger charge is 2.49. The van der Waals surface area contributed by atoms with Crippen LogP contribution < -0.4 is 10.5 Å². The van der Waals surface area contributed by atoms with Crippen molar-refractivity contribution in [2.45, 2.75) is 17.9 Å². The van der Waals surface area contributed by atoms with E-state index in [0.29, 0.717) is 46.8 Å². The Kier molecular flexibility index (Phi) is 3.86. The van der Waals surface area contributed by atoms with Crippen LogP contribution in [0.1, 0.15) is 23.6 Å². The van der Waals surface area contributed by atoms with E-state index in [1.54, 1.807) is 36.4 Å². The van der Waals surface area contributed by atoms with Crippen LogP contribution in [0.25, 0.3) is 11.1 Å². The van der Waals surface area contributed by atoms with Crippen LogP contribution in [0.5, 0.6) is 11.6 Å². The number of nitrogens with zero attached hydrogens (tertiary/aromatic N) is 3. The van der Waals surface area contributed by atoms with Gasteiger partial charge in [-0.2, -0.15) is 13.8 Å². The standard InChI is InChI=1S/C23H18F2N4O3/c1-22(9-30-10-22)15-8-16-20(28-19(15)25)32-17-5-4-12(13-3-2-6-27-18(13)24)7-14(17)23(16)11-31-21(26)29-23/h2-8H,9-11H2,1H3,(H2,26,29). The number of aromatic nitrogens is 2. The first kappa shape index (κ1) is 19.1. The Hall–Kier alpha value is -3.59. The van der Waals surface area contributed by atoms with Crippen molar-refractivity contribution >= 4 is 6.02 Å². The molecule has 0 radical (unpaired) electrons. The molecule has 1 saturated heterocycles. The van der Waals surface area contributed by atoms with Crippen LogP contribution in [0.2, 0.25) is 0 Å². The topological polar surface area (TPSA) is 91.9 Å². The molecule has 7 nitrogen and oxygen atoms in total. The van der Waals surface area contributed by atoms with Crippen molar-refractivity contribution in [3.63, 3.8) is 0 Å². The summed E-state index contributed by atoms with van der Waals surface area (Å²) in [4.78, 5) is 12.5. The van der Waals surface area contributed by atoms with Crippen LogP contribution in [-0.2, 0) is 20.4 Å². The average molecular weight is 436 g/mol. The lowest BCUT2D eigenvalue weighted by molar-refractivity contribution is -0.0520. The van der Waals surface area contributed by atoms with Crippen LogP contribution in [0.4, 0.5) is 8.78 Å². The lowest BCUT2D eigenvalue weighted by atomic mass is 9.76. The fourth-order valence-corrected chi connectivity index (χ4v) is 4.50. The molecule has 162 valence electrons. The van der Waals surface area contributed by atoms with Crippen molar-refractivity contribution in [2.24, 2.45) is 10.7 Å². The summed E-state index contributed by atoms with van der Waals surface area (Å²) in [5.41, 5.74) is 6.84. The van der Waals surface area contributed by atoms with Gasteiger partial charge in [-0.15, -0.1) is 0 Å². The van der Waals surface area contributed by atoms with Crippen LogP contribution in [0, 0.1) is 11.9 Å². The molecule has 2 aromatic heterocycles. The number of halogens is 2. The Labute approximate surface area is 181 Å². The summed E-state index contributed by atoms with van der Waals surface area (Å²) in [6.07, 6.45) is 1.39. The number of hydrogen-bond acceptors (Lipinski definition) is 7. The first-order valence-corrected chi connectivity index (χ1v) is 10.1. The minimum Gasteiger partial charge on any atom is -0.462 e. The molecule has 1 atom stereocenters. The fraction of sp³-hybridized carbons (Fsp3) is 0.261. The van der Waals surface area contributed by atoms with Gasteiger partial charge < -0.3 is 19.9 Å². The second-order valence-electron chi connectivity index (χ2n) is 8.49. The molecule has 1 aromatic carbocycles. The molecule has 1 spiro atoms. The van der Waals surface area contributed by atoms with Crippen LogP contribution >= 0.6 is 0 Å². The number of amidine groups is 1. The van der Waals surface area contributed by atoms with Gasteiger partial charge in [0.1, 0.15) is 12.4 Å². The van der Waals surface area contributed by atoms with E-state index in [1.807, 2.05) is 6.92 Å². The third kappa shape index (κ3) is 2.57. The van der Waals surface area contributed by atoms with Gasteiger partial charge in [-0.1, -0.05) is 13.0 Å². The zero-order valence-electron chi connectivity index (χ0n) is 17.1. The van der Waals surface area contributed by atoms with E-state index in [2.05, 4.69) is 15.0 Å². The van der Waals surface area contributed by atoms with E-state index < -0.39 is 22.8 Å². The molecule has 9 heteroatoms. The van der Waals surface area contributed by atoms with Gasteiger partial charge in [-0.05, 0) is 35.9 Å². The summed E-state index contributed by atoms with van der Waals surface area (Å²) in [5, 5.41) is 0. The summed E-state index contributed by atoms with van der Waals surface area (Å²) in [5.74, 6) is -0.679. The molecule has 0 bridgehead atoms. The number of pyridine rings is 2. The molecule has 3 aromatic rings. The molecular formula is C23H18F2N4O3. The highest BCUT2D eigenvalue weighted by Crippen LogP contribution is 2.52. The van der Waals surface area contributed by atoms with Crippen LogP contribution in [0.3, 0.4) is 0 Å². The Morgan fingerprint density at radius 2 is 1.84 bits per heavy atom.